The summed E-state index contributed by atoms with van der Waals surface area (Å²) >= 11 is 0. The van der Waals surface area contributed by atoms with Crippen molar-refractivity contribution >= 4 is 0 Å². The van der Waals surface area contributed by atoms with Crippen LogP contribution in [0.25, 0.3) is 0 Å². The number of hydrogen-bond acceptors (Lipinski definition) is 2. The summed E-state index contributed by atoms with van der Waals surface area (Å²) in [7, 11) is 1.97. The molecule has 2 heterocycles. The Labute approximate surface area is 95.9 Å². The monoisotopic (exact) mass is 218 g/mol. The van der Waals surface area contributed by atoms with E-state index in [1.807, 2.05) is 18.7 Å². The summed E-state index contributed by atoms with van der Waals surface area (Å²) in [6, 6.07) is 6.31. The summed E-state index contributed by atoms with van der Waals surface area (Å²) in [6.07, 6.45) is 0. The third kappa shape index (κ3) is 1.96. The zero-order chi connectivity index (χ0) is 11.7. The molecule has 0 saturated carbocycles. The number of rotatable bonds is 3. The Balaban J connectivity index is 2.11. The molecule has 86 valence electrons. The Hall–Kier alpha value is -1.71. The van der Waals surface area contributed by atoms with E-state index < -0.39 is 0 Å². The van der Waals surface area contributed by atoms with Gasteiger partial charge in [-0.3, -0.25) is 9.36 Å². The van der Waals surface area contributed by atoms with Gasteiger partial charge in [0.1, 0.15) is 0 Å². The molecule has 0 atom stereocenters. The van der Waals surface area contributed by atoms with Gasteiger partial charge in [0, 0.05) is 18.4 Å². The van der Waals surface area contributed by atoms with Crippen LogP contribution in [0.5, 0.6) is 0 Å². The van der Waals surface area contributed by atoms with E-state index >= 15 is 0 Å². The lowest BCUT2D eigenvalue weighted by molar-refractivity contribution is 0.686. The van der Waals surface area contributed by atoms with Crippen molar-refractivity contribution in [3.63, 3.8) is 0 Å². The largest absolute Gasteiger partial charge is 0.320 e. The molecule has 2 rings (SSSR count). The summed E-state index contributed by atoms with van der Waals surface area (Å²) in [5, 5.41) is 4.32. The van der Waals surface area contributed by atoms with Crippen LogP contribution >= 0.6 is 0 Å². The van der Waals surface area contributed by atoms with Crippen LogP contribution in [0.4, 0.5) is 0 Å². The predicted octanol–water partition coefficient (Wildman–Crippen LogP) is 1.89. The van der Waals surface area contributed by atoms with E-state index in [-0.39, 0.29) is 0 Å². The maximum Gasteiger partial charge on any atom is 0.0733 e. The van der Waals surface area contributed by atoms with Crippen molar-refractivity contribution in [3.05, 3.63) is 41.0 Å². The molecular formula is C12H18N4. The highest BCUT2D eigenvalue weighted by Crippen LogP contribution is 2.06. The molecule has 0 radical (unpaired) electrons. The molecule has 0 bridgehead atoms. The summed E-state index contributed by atoms with van der Waals surface area (Å²) in [6.45, 7) is 6.98. The van der Waals surface area contributed by atoms with Crippen LogP contribution in [0.2, 0.25) is 0 Å². The minimum atomic E-state index is 0.785. The minimum absolute atomic E-state index is 0.785. The molecule has 4 heteroatoms. The molecule has 16 heavy (non-hydrogen) atoms. The molecule has 4 nitrogen and oxygen atoms in total. The fourth-order valence-corrected chi connectivity index (χ4v) is 1.91. The number of nitrogens with one attached hydrogen (secondary N) is 1. The van der Waals surface area contributed by atoms with Crippen molar-refractivity contribution in [2.75, 3.05) is 5.43 Å². The van der Waals surface area contributed by atoms with E-state index in [0.717, 1.165) is 12.2 Å². The summed E-state index contributed by atoms with van der Waals surface area (Å²) in [5.41, 5.74) is 8.07. The van der Waals surface area contributed by atoms with Crippen LogP contribution < -0.4 is 5.43 Å². The van der Waals surface area contributed by atoms with Gasteiger partial charge in [0.05, 0.1) is 17.9 Å². The van der Waals surface area contributed by atoms with Crippen molar-refractivity contribution in [1.29, 1.82) is 0 Å². The van der Waals surface area contributed by atoms with Gasteiger partial charge in [-0.25, -0.2) is 0 Å². The van der Waals surface area contributed by atoms with Gasteiger partial charge in [-0.05, 0) is 39.0 Å². The molecule has 0 saturated heterocycles. The van der Waals surface area contributed by atoms with Gasteiger partial charge in [-0.2, -0.15) is 5.10 Å². The molecular weight excluding hydrogens is 200 g/mol. The first kappa shape index (κ1) is 10.8. The van der Waals surface area contributed by atoms with Crippen LogP contribution in [-0.4, -0.2) is 14.5 Å². The minimum Gasteiger partial charge on any atom is -0.320 e. The highest BCUT2D eigenvalue weighted by Gasteiger charge is 2.03. The standard InChI is InChI=1S/C12H18N4/c1-9-7-12(15(4)14-9)8-13-16-10(2)5-6-11(16)3/h5-7,13H,8H2,1-4H3. The van der Waals surface area contributed by atoms with Crippen LogP contribution in [0, 0.1) is 20.8 Å². The predicted molar refractivity (Wildman–Crippen MR) is 64.9 cm³/mol. The van der Waals surface area contributed by atoms with E-state index in [1.54, 1.807) is 0 Å². The van der Waals surface area contributed by atoms with Crippen LogP contribution in [0.1, 0.15) is 22.8 Å². The van der Waals surface area contributed by atoms with Crippen molar-refractivity contribution in [2.24, 2.45) is 7.05 Å². The van der Waals surface area contributed by atoms with Gasteiger partial charge in [0.2, 0.25) is 0 Å². The van der Waals surface area contributed by atoms with Gasteiger partial charge in [0.25, 0.3) is 0 Å². The van der Waals surface area contributed by atoms with Crippen molar-refractivity contribution in [1.82, 2.24) is 14.5 Å². The maximum absolute atomic E-state index is 4.32. The highest BCUT2D eigenvalue weighted by molar-refractivity contribution is 5.17. The van der Waals surface area contributed by atoms with Crippen molar-refractivity contribution < 1.29 is 0 Å². The van der Waals surface area contributed by atoms with Crippen LogP contribution in [0.15, 0.2) is 18.2 Å². The Bertz CT molecular complexity index is 474. The maximum atomic E-state index is 4.32. The third-order valence-electron chi connectivity index (χ3n) is 2.79. The molecule has 0 fully saturated rings. The molecule has 2 aromatic heterocycles. The lowest BCUT2D eigenvalue weighted by atomic mass is 10.4. The molecule has 2 aromatic rings. The van der Waals surface area contributed by atoms with E-state index in [0.29, 0.717) is 0 Å². The molecule has 0 spiro atoms. The SMILES string of the molecule is Cc1cc(CNn2c(C)ccc2C)n(C)n1. The third-order valence-corrected chi connectivity index (χ3v) is 2.79. The second-order valence-corrected chi connectivity index (χ2v) is 4.19. The normalized spacial score (nSPS) is 10.8. The summed E-state index contributed by atoms with van der Waals surface area (Å²) in [4.78, 5) is 0. The van der Waals surface area contributed by atoms with Gasteiger partial charge in [-0.15, -0.1) is 0 Å². The quantitative estimate of drug-likeness (QED) is 0.853. The topological polar surface area (TPSA) is 34.8 Å². The van der Waals surface area contributed by atoms with E-state index in [4.69, 9.17) is 0 Å². The molecule has 0 aliphatic carbocycles. The van der Waals surface area contributed by atoms with Crippen LogP contribution in [-0.2, 0) is 13.6 Å². The number of aryl methyl sites for hydroxylation is 4. The zero-order valence-corrected chi connectivity index (χ0v) is 10.3. The van der Waals surface area contributed by atoms with E-state index in [9.17, 15) is 0 Å². The van der Waals surface area contributed by atoms with Crippen molar-refractivity contribution in [3.8, 4) is 0 Å². The van der Waals surface area contributed by atoms with Gasteiger partial charge >= 0.3 is 0 Å². The molecule has 0 aliphatic rings. The molecule has 0 aromatic carbocycles. The fraction of sp³-hybridized carbons (Fsp3) is 0.417. The molecule has 0 unspecified atom stereocenters. The van der Waals surface area contributed by atoms with Crippen LogP contribution in [0.3, 0.4) is 0 Å². The van der Waals surface area contributed by atoms with Gasteiger partial charge < -0.3 is 5.43 Å². The van der Waals surface area contributed by atoms with Crippen molar-refractivity contribution in [2.45, 2.75) is 27.3 Å². The molecule has 0 aliphatic heterocycles. The Morgan fingerprint density at radius 3 is 2.31 bits per heavy atom. The highest BCUT2D eigenvalue weighted by atomic mass is 15.4. The first-order chi connectivity index (χ1) is 7.58. The second-order valence-electron chi connectivity index (χ2n) is 4.19. The number of aromatic nitrogens is 3. The van der Waals surface area contributed by atoms with Gasteiger partial charge in [0.15, 0.2) is 0 Å². The van der Waals surface area contributed by atoms with E-state index in [2.05, 4.69) is 47.2 Å². The number of nitrogens with zero attached hydrogens (tertiary/aromatic N) is 3. The first-order valence-electron chi connectivity index (χ1n) is 5.46. The van der Waals surface area contributed by atoms with E-state index in [1.165, 1.54) is 17.1 Å². The van der Waals surface area contributed by atoms with Gasteiger partial charge in [-0.1, -0.05) is 0 Å². The average Bonchev–Trinajstić information content (AvgIpc) is 2.69. The fourth-order valence-electron chi connectivity index (χ4n) is 1.91. The molecule has 1 N–H and O–H groups in total. The summed E-state index contributed by atoms with van der Waals surface area (Å²) in [5.74, 6) is 0. The lowest BCUT2D eigenvalue weighted by Crippen LogP contribution is -2.18. The Morgan fingerprint density at radius 1 is 1.19 bits per heavy atom. The Kier molecular flexibility index (Phi) is 2.73. The smallest absolute Gasteiger partial charge is 0.0733 e. The lowest BCUT2D eigenvalue weighted by Gasteiger charge is -2.12. The zero-order valence-electron chi connectivity index (χ0n) is 10.3. The average molecular weight is 218 g/mol. The molecule has 0 amide bonds. The summed E-state index contributed by atoms with van der Waals surface area (Å²) < 4.78 is 4.01. The first-order valence-corrected chi connectivity index (χ1v) is 5.46. The Morgan fingerprint density at radius 2 is 1.81 bits per heavy atom. The number of hydrogen-bond donors (Lipinski definition) is 1. The second kappa shape index (κ2) is 4.04.